The van der Waals surface area contributed by atoms with Crippen molar-refractivity contribution in [3.05, 3.63) is 29.3 Å². The van der Waals surface area contributed by atoms with Crippen molar-refractivity contribution in [2.24, 2.45) is 0 Å². The molecule has 1 heterocycles. The van der Waals surface area contributed by atoms with Crippen LogP contribution in [0.25, 0.3) is 0 Å². The van der Waals surface area contributed by atoms with Crippen molar-refractivity contribution in [3.8, 4) is 5.75 Å². The first kappa shape index (κ1) is 18.5. The van der Waals surface area contributed by atoms with Crippen LogP contribution in [0.5, 0.6) is 5.75 Å². The predicted molar refractivity (Wildman–Crippen MR) is 93.3 cm³/mol. The lowest BCUT2D eigenvalue weighted by molar-refractivity contribution is -0.140. The van der Waals surface area contributed by atoms with Gasteiger partial charge in [0, 0.05) is 31.2 Å². The summed E-state index contributed by atoms with van der Waals surface area (Å²) in [5.41, 5.74) is 0. The van der Waals surface area contributed by atoms with Gasteiger partial charge >= 0.3 is 0 Å². The number of hydrogen-bond acceptors (Lipinski definition) is 4. The fourth-order valence-corrected chi connectivity index (χ4v) is 2.65. The van der Waals surface area contributed by atoms with E-state index in [-0.39, 0.29) is 11.8 Å². The summed E-state index contributed by atoms with van der Waals surface area (Å²) < 4.78 is 5.55. The molecule has 1 aliphatic heterocycles. The molecule has 0 aliphatic carbocycles. The van der Waals surface area contributed by atoms with Crippen LogP contribution in [0.2, 0.25) is 5.02 Å². The second-order valence-electron chi connectivity index (χ2n) is 6.05. The van der Waals surface area contributed by atoms with Crippen molar-refractivity contribution >= 4 is 23.4 Å². The summed E-state index contributed by atoms with van der Waals surface area (Å²) in [5, 5.41) is 0.653. The molecule has 7 heteroatoms. The molecule has 0 bridgehead atoms. The number of ether oxygens (including phenoxy) is 1. The normalized spacial score (nSPS) is 14.8. The standard InChI is InChI=1S/C17H24ClN3O3/c1-19(2)13-17(23)21-10-8-20(9-11-21)16(22)7-12-24-15-5-3-14(18)4-6-15/h3-6H,7-13H2,1-2H3. The molecule has 0 unspecified atom stereocenters. The molecule has 1 aromatic rings. The molecule has 1 fully saturated rings. The SMILES string of the molecule is CN(C)CC(=O)N1CCN(C(=O)CCOc2ccc(Cl)cc2)CC1. The van der Waals surface area contributed by atoms with Crippen LogP contribution in [0.4, 0.5) is 0 Å². The molecular weight excluding hydrogens is 330 g/mol. The maximum atomic E-state index is 12.2. The van der Waals surface area contributed by atoms with Crippen molar-refractivity contribution in [2.75, 3.05) is 53.4 Å². The number of carbonyl (C=O) groups excluding carboxylic acids is 2. The number of piperazine rings is 1. The highest BCUT2D eigenvalue weighted by Crippen LogP contribution is 2.15. The quantitative estimate of drug-likeness (QED) is 0.774. The molecule has 1 saturated heterocycles. The van der Waals surface area contributed by atoms with Gasteiger partial charge in [-0.1, -0.05) is 11.6 Å². The minimum Gasteiger partial charge on any atom is -0.493 e. The first-order valence-corrected chi connectivity index (χ1v) is 8.42. The zero-order chi connectivity index (χ0) is 17.5. The van der Waals surface area contributed by atoms with Gasteiger partial charge in [-0.3, -0.25) is 9.59 Å². The summed E-state index contributed by atoms with van der Waals surface area (Å²) in [6.45, 7) is 3.09. The van der Waals surface area contributed by atoms with Crippen molar-refractivity contribution in [3.63, 3.8) is 0 Å². The molecule has 0 atom stereocenters. The van der Waals surface area contributed by atoms with Gasteiger partial charge in [0.2, 0.25) is 11.8 Å². The fraction of sp³-hybridized carbons (Fsp3) is 0.529. The number of amides is 2. The maximum absolute atomic E-state index is 12.2. The lowest BCUT2D eigenvalue weighted by Gasteiger charge is -2.35. The second-order valence-corrected chi connectivity index (χ2v) is 6.49. The zero-order valence-corrected chi connectivity index (χ0v) is 15.0. The van der Waals surface area contributed by atoms with E-state index in [9.17, 15) is 9.59 Å². The van der Waals surface area contributed by atoms with E-state index in [1.165, 1.54) is 0 Å². The molecule has 1 aromatic carbocycles. The van der Waals surface area contributed by atoms with Gasteiger partial charge in [0.1, 0.15) is 5.75 Å². The van der Waals surface area contributed by atoms with Crippen molar-refractivity contribution in [1.29, 1.82) is 0 Å². The third-order valence-electron chi connectivity index (χ3n) is 3.83. The Morgan fingerprint density at radius 3 is 2.12 bits per heavy atom. The van der Waals surface area contributed by atoms with Gasteiger partial charge < -0.3 is 19.4 Å². The minimum atomic E-state index is 0.0590. The van der Waals surface area contributed by atoms with E-state index in [0.717, 1.165) is 0 Å². The first-order chi connectivity index (χ1) is 11.5. The topological polar surface area (TPSA) is 53.1 Å². The molecule has 2 rings (SSSR count). The molecule has 0 saturated carbocycles. The summed E-state index contributed by atoms with van der Waals surface area (Å²) in [6, 6.07) is 7.06. The summed E-state index contributed by atoms with van der Waals surface area (Å²) in [6.07, 6.45) is 0.328. The number of likely N-dealkylation sites (N-methyl/N-ethyl adjacent to an activating group) is 1. The summed E-state index contributed by atoms with van der Waals surface area (Å²) in [7, 11) is 3.75. The summed E-state index contributed by atoms with van der Waals surface area (Å²) >= 11 is 5.81. The Balaban J connectivity index is 1.69. The van der Waals surface area contributed by atoms with Gasteiger partial charge in [-0.25, -0.2) is 0 Å². The van der Waals surface area contributed by atoms with Crippen LogP contribution in [0.3, 0.4) is 0 Å². The number of rotatable bonds is 6. The lowest BCUT2D eigenvalue weighted by Crippen LogP contribution is -2.52. The Morgan fingerprint density at radius 2 is 1.58 bits per heavy atom. The molecule has 0 aromatic heterocycles. The van der Waals surface area contributed by atoms with Gasteiger partial charge in [-0.15, -0.1) is 0 Å². The van der Waals surface area contributed by atoms with Crippen LogP contribution in [-0.4, -0.2) is 79.9 Å². The van der Waals surface area contributed by atoms with Crippen LogP contribution < -0.4 is 4.74 Å². The van der Waals surface area contributed by atoms with E-state index in [0.29, 0.717) is 56.5 Å². The Morgan fingerprint density at radius 1 is 1.04 bits per heavy atom. The number of nitrogens with zero attached hydrogens (tertiary/aromatic N) is 3. The average molecular weight is 354 g/mol. The Labute approximate surface area is 147 Å². The monoisotopic (exact) mass is 353 g/mol. The molecule has 2 amide bonds. The van der Waals surface area contributed by atoms with Crippen LogP contribution in [-0.2, 0) is 9.59 Å². The Bertz CT molecular complexity index is 555. The number of halogens is 1. The van der Waals surface area contributed by atoms with E-state index in [1.54, 1.807) is 29.2 Å². The molecule has 24 heavy (non-hydrogen) atoms. The van der Waals surface area contributed by atoms with Crippen molar-refractivity contribution < 1.29 is 14.3 Å². The first-order valence-electron chi connectivity index (χ1n) is 8.04. The maximum Gasteiger partial charge on any atom is 0.236 e. The van der Waals surface area contributed by atoms with Crippen LogP contribution in [0, 0.1) is 0 Å². The predicted octanol–water partition coefficient (Wildman–Crippen LogP) is 1.34. The Kier molecular flexibility index (Phi) is 6.87. The lowest BCUT2D eigenvalue weighted by atomic mass is 10.2. The highest BCUT2D eigenvalue weighted by Gasteiger charge is 2.23. The van der Waals surface area contributed by atoms with Gasteiger partial charge in [0.25, 0.3) is 0 Å². The van der Waals surface area contributed by atoms with E-state index in [1.807, 2.05) is 23.9 Å². The largest absolute Gasteiger partial charge is 0.493 e. The summed E-state index contributed by atoms with van der Waals surface area (Å²) in [5.74, 6) is 0.869. The molecule has 132 valence electrons. The van der Waals surface area contributed by atoms with Crippen molar-refractivity contribution in [1.82, 2.24) is 14.7 Å². The molecule has 1 aliphatic rings. The van der Waals surface area contributed by atoms with Gasteiger partial charge in [-0.05, 0) is 38.4 Å². The van der Waals surface area contributed by atoms with Gasteiger partial charge in [-0.2, -0.15) is 0 Å². The van der Waals surface area contributed by atoms with Crippen LogP contribution >= 0.6 is 11.6 Å². The third-order valence-corrected chi connectivity index (χ3v) is 4.09. The molecule has 0 radical (unpaired) electrons. The van der Waals surface area contributed by atoms with E-state index in [2.05, 4.69) is 0 Å². The van der Waals surface area contributed by atoms with Crippen LogP contribution in [0.15, 0.2) is 24.3 Å². The number of hydrogen-bond donors (Lipinski definition) is 0. The zero-order valence-electron chi connectivity index (χ0n) is 14.2. The molecule has 0 N–H and O–H groups in total. The summed E-state index contributed by atoms with van der Waals surface area (Å²) in [4.78, 5) is 29.7. The van der Waals surface area contributed by atoms with Crippen molar-refractivity contribution in [2.45, 2.75) is 6.42 Å². The van der Waals surface area contributed by atoms with Gasteiger partial charge in [0.05, 0.1) is 19.6 Å². The highest BCUT2D eigenvalue weighted by molar-refractivity contribution is 6.30. The van der Waals surface area contributed by atoms with E-state index >= 15 is 0 Å². The second kappa shape index (κ2) is 8.89. The van der Waals surface area contributed by atoms with E-state index < -0.39 is 0 Å². The Hall–Kier alpha value is -1.79. The fourth-order valence-electron chi connectivity index (χ4n) is 2.52. The smallest absolute Gasteiger partial charge is 0.236 e. The molecule has 6 nitrogen and oxygen atoms in total. The van der Waals surface area contributed by atoms with Gasteiger partial charge in [0.15, 0.2) is 0 Å². The third kappa shape index (κ3) is 5.69. The number of carbonyl (C=O) groups is 2. The molecular formula is C17H24ClN3O3. The van der Waals surface area contributed by atoms with Crippen LogP contribution in [0.1, 0.15) is 6.42 Å². The number of benzene rings is 1. The molecule has 0 spiro atoms. The highest BCUT2D eigenvalue weighted by atomic mass is 35.5. The average Bonchev–Trinajstić information content (AvgIpc) is 2.56. The van der Waals surface area contributed by atoms with E-state index in [4.69, 9.17) is 16.3 Å². The minimum absolute atomic E-state index is 0.0590.